The number of rotatable bonds is 8. The Morgan fingerprint density at radius 2 is 1.58 bits per heavy atom. The summed E-state index contributed by atoms with van der Waals surface area (Å²) in [7, 11) is 1.62. The third kappa shape index (κ3) is 5.48. The molecular weight excluding hydrogens is 521 g/mol. The van der Waals surface area contributed by atoms with Gasteiger partial charge in [0.15, 0.2) is 5.72 Å². The first-order valence-corrected chi connectivity index (χ1v) is 12.4. The Kier molecular flexibility index (Phi) is 8.13. The van der Waals surface area contributed by atoms with Crippen molar-refractivity contribution in [1.82, 2.24) is 4.90 Å². The molecule has 1 atom stereocenters. The molecule has 0 radical (unpaired) electrons. The van der Waals surface area contributed by atoms with Crippen molar-refractivity contribution in [2.75, 3.05) is 18.9 Å². The highest BCUT2D eigenvalue weighted by atomic mass is 35.5. The van der Waals surface area contributed by atoms with E-state index in [1.165, 1.54) is 4.90 Å². The lowest BCUT2D eigenvalue weighted by Crippen LogP contribution is -2.50. The molecule has 0 saturated carbocycles. The second-order valence-corrected chi connectivity index (χ2v) is 9.64. The lowest BCUT2D eigenvalue weighted by molar-refractivity contribution is -0.128. The minimum Gasteiger partial charge on any atom is -0.489 e. The van der Waals surface area contributed by atoms with E-state index < -0.39 is 5.72 Å². The van der Waals surface area contributed by atoms with Crippen LogP contribution in [0.5, 0.6) is 5.75 Å². The van der Waals surface area contributed by atoms with Gasteiger partial charge in [-0.1, -0.05) is 71.2 Å². The molecular formula is C27H26Cl3N3O3. The van der Waals surface area contributed by atoms with Crippen LogP contribution in [0.1, 0.15) is 23.6 Å². The molecule has 188 valence electrons. The fourth-order valence-corrected chi connectivity index (χ4v) is 4.85. The van der Waals surface area contributed by atoms with Crippen LogP contribution in [-0.2, 0) is 22.7 Å². The minimum absolute atomic E-state index is 0.182. The molecule has 0 bridgehead atoms. The molecule has 1 aliphatic heterocycles. The highest BCUT2D eigenvalue weighted by Crippen LogP contribution is 2.44. The monoisotopic (exact) mass is 545 g/mol. The summed E-state index contributed by atoms with van der Waals surface area (Å²) >= 11 is 19.5. The number of nitrogens with one attached hydrogen (secondary N) is 1. The maximum Gasteiger partial charge on any atom is 0.240 e. The Balaban J connectivity index is 1.67. The quantitative estimate of drug-likeness (QED) is 0.349. The zero-order valence-electron chi connectivity index (χ0n) is 19.9. The molecule has 3 aromatic carbocycles. The summed E-state index contributed by atoms with van der Waals surface area (Å²) in [6, 6.07) is 20.4. The highest BCUT2D eigenvalue weighted by Gasteiger charge is 2.41. The summed E-state index contributed by atoms with van der Waals surface area (Å²) in [6.45, 7) is 2.12. The van der Waals surface area contributed by atoms with Crippen LogP contribution in [0.4, 0.5) is 5.69 Å². The number of fused-ring (bicyclic) bond motifs is 1. The Bertz CT molecular complexity index is 1310. The van der Waals surface area contributed by atoms with Crippen LogP contribution in [0.15, 0.2) is 72.4 Å². The van der Waals surface area contributed by atoms with Crippen molar-refractivity contribution < 1.29 is 14.3 Å². The van der Waals surface area contributed by atoms with Gasteiger partial charge in [-0.25, -0.2) is 0 Å². The zero-order chi connectivity index (χ0) is 25.9. The van der Waals surface area contributed by atoms with Crippen LogP contribution in [0.3, 0.4) is 0 Å². The number of nitrogens with zero attached hydrogens (tertiary/aromatic N) is 1. The highest BCUT2D eigenvalue weighted by molar-refractivity contribution is 6.50. The molecule has 6 nitrogen and oxygen atoms in total. The van der Waals surface area contributed by atoms with Crippen LogP contribution in [0, 0.1) is 0 Å². The van der Waals surface area contributed by atoms with E-state index in [0.717, 1.165) is 16.8 Å². The van der Waals surface area contributed by atoms with Crippen LogP contribution in [0.2, 0.25) is 10.0 Å². The van der Waals surface area contributed by atoms with Gasteiger partial charge in [0.2, 0.25) is 5.91 Å². The molecule has 3 N–H and O–H groups in total. The summed E-state index contributed by atoms with van der Waals surface area (Å²) in [5.74, 6) is 0.286. The molecule has 3 aromatic rings. The number of anilines is 1. The largest absolute Gasteiger partial charge is 0.489 e. The van der Waals surface area contributed by atoms with E-state index in [9.17, 15) is 4.79 Å². The molecule has 0 saturated heterocycles. The third-order valence-corrected chi connectivity index (χ3v) is 7.09. The Morgan fingerprint density at radius 3 is 2.19 bits per heavy atom. The molecule has 1 aliphatic rings. The maximum atomic E-state index is 12.6. The van der Waals surface area contributed by atoms with Gasteiger partial charge in [0.25, 0.3) is 0 Å². The number of hydrogen-bond donors (Lipinski definition) is 2. The first kappa shape index (κ1) is 26.3. The van der Waals surface area contributed by atoms with Gasteiger partial charge in [-0.05, 0) is 42.8 Å². The number of carbonyl (C=O) groups excluding carboxylic acids is 1. The lowest BCUT2D eigenvalue weighted by Gasteiger charge is -2.42. The predicted molar refractivity (Wildman–Crippen MR) is 145 cm³/mol. The second kappa shape index (κ2) is 11.1. The van der Waals surface area contributed by atoms with Gasteiger partial charge in [-0.15, -0.1) is 0 Å². The van der Waals surface area contributed by atoms with Gasteiger partial charge < -0.3 is 25.4 Å². The number of benzene rings is 3. The molecule has 1 heterocycles. The Morgan fingerprint density at radius 1 is 0.972 bits per heavy atom. The minimum atomic E-state index is -1.15. The summed E-state index contributed by atoms with van der Waals surface area (Å²) in [5.41, 5.74) is 8.00. The molecule has 0 aromatic heterocycles. The number of ether oxygens (including phenoxy) is 2. The number of halogens is 3. The third-order valence-electron chi connectivity index (χ3n) is 5.97. The van der Waals surface area contributed by atoms with Crippen LogP contribution in [0.25, 0.3) is 5.03 Å². The van der Waals surface area contributed by atoms with E-state index >= 15 is 0 Å². The average Bonchev–Trinajstić information content (AvgIpc) is 2.87. The second-order valence-electron chi connectivity index (χ2n) is 8.45. The zero-order valence-corrected chi connectivity index (χ0v) is 22.1. The molecule has 1 unspecified atom stereocenters. The van der Waals surface area contributed by atoms with Crippen LogP contribution in [-0.4, -0.2) is 30.1 Å². The van der Waals surface area contributed by atoms with Gasteiger partial charge in [0, 0.05) is 33.9 Å². The van der Waals surface area contributed by atoms with Gasteiger partial charge >= 0.3 is 0 Å². The number of amides is 1. The smallest absolute Gasteiger partial charge is 0.240 e. The fraction of sp³-hybridized carbons (Fsp3) is 0.222. The van der Waals surface area contributed by atoms with E-state index in [1.54, 1.807) is 13.1 Å². The van der Waals surface area contributed by atoms with Gasteiger partial charge in [0.05, 0.1) is 23.9 Å². The summed E-state index contributed by atoms with van der Waals surface area (Å²) in [4.78, 5) is 14.0. The maximum absolute atomic E-state index is 12.6. The molecule has 0 spiro atoms. The van der Waals surface area contributed by atoms with Crippen molar-refractivity contribution in [2.45, 2.75) is 25.9 Å². The van der Waals surface area contributed by atoms with E-state index in [-0.39, 0.29) is 19.1 Å². The molecule has 36 heavy (non-hydrogen) atoms. The lowest BCUT2D eigenvalue weighted by atomic mass is 9.98. The van der Waals surface area contributed by atoms with Crippen molar-refractivity contribution in [3.8, 4) is 5.75 Å². The predicted octanol–water partition coefficient (Wildman–Crippen LogP) is 6.26. The standard InChI is InChI=1S/C27H26Cl3N3O3/c1-27(36-16-18-8-4-6-10-22(18)29)26(33(2)24(34)14-31)25(30)20-13-19(11-12-23(20)32-27)35-15-17-7-3-5-9-21(17)28/h3-13,32H,14-16,31H2,1-2H3. The van der Waals surface area contributed by atoms with Crippen LogP contribution >= 0.6 is 34.8 Å². The Labute approximate surface area is 225 Å². The summed E-state index contributed by atoms with van der Waals surface area (Å²) in [5, 5.41) is 4.95. The topological polar surface area (TPSA) is 76.8 Å². The average molecular weight is 547 g/mol. The molecule has 4 rings (SSSR count). The Hall–Kier alpha value is -2.74. The first-order chi connectivity index (χ1) is 17.2. The molecule has 1 amide bonds. The molecule has 0 aliphatic carbocycles. The number of carbonyl (C=O) groups is 1. The summed E-state index contributed by atoms with van der Waals surface area (Å²) < 4.78 is 12.3. The van der Waals surface area contributed by atoms with Gasteiger partial charge in [-0.3, -0.25) is 4.79 Å². The van der Waals surface area contributed by atoms with E-state index in [4.69, 9.17) is 50.0 Å². The van der Waals surface area contributed by atoms with Gasteiger partial charge in [0.1, 0.15) is 12.4 Å². The van der Waals surface area contributed by atoms with Crippen molar-refractivity contribution in [2.24, 2.45) is 5.73 Å². The van der Waals surface area contributed by atoms with E-state index in [0.29, 0.717) is 38.7 Å². The van der Waals surface area contributed by atoms with Crippen molar-refractivity contribution in [3.63, 3.8) is 0 Å². The molecule has 0 fully saturated rings. The van der Waals surface area contributed by atoms with Crippen molar-refractivity contribution in [1.29, 1.82) is 0 Å². The SMILES string of the molecule is CN(C(=O)CN)C1=C(Cl)c2cc(OCc3ccccc3Cl)ccc2NC1(C)OCc1ccccc1Cl. The summed E-state index contributed by atoms with van der Waals surface area (Å²) in [6.07, 6.45) is 0. The van der Waals surface area contributed by atoms with Crippen molar-refractivity contribution >= 4 is 51.4 Å². The number of nitrogens with two attached hydrogens (primary N) is 1. The number of likely N-dealkylation sites (N-methyl/N-ethyl adjacent to an activating group) is 1. The van der Waals surface area contributed by atoms with Crippen molar-refractivity contribution in [3.05, 3.63) is 99.2 Å². The van der Waals surface area contributed by atoms with Crippen LogP contribution < -0.4 is 15.8 Å². The van der Waals surface area contributed by atoms with Gasteiger partial charge in [-0.2, -0.15) is 0 Å². The normalized spacial score (nSPS) is 16.8. The fourth-order valence-electron chi connectivity index (χ4n) is 4.00. The first-order valence-electron chi connectivity index (χ1n) is 11.3. The van der Waals surface area contributed by atoms with E-state index in [1.807, 2.05) is 67.6 Å². The number of hydrogen-bond acceptors (Lipinski definition) is 5. The molecule has 9 heteroatoms. The van der Waals surface area contributed by atoms with E-state index in [2.05, 4.69) is 5.32 Å².